The summed E-state index contributed by atoms with van der Waals surface area (Å²) in [4.78, 5) is 13.6. The lowest BCUT2D eigenvalue weighted by atomic mass is 9.77. The minimum Gasteiger partial charge on any atom is -0.352 e. The van der Waals surface area contributed by atoms with Gasteiger partial charge in [-0.25, -0.2) is 4.39 Å². The van der Waals surface area contributed by atoms with E-state index < -0.39 is 47.6 Å². The highest BCUT2D eigenvalue weighted by Gasteiger charge is 2.48. The Kier molecular flexibility index (Phi) is 7.09. The molecule has 4 rings (SSSR count). The molecule has 0 N–H and O–H groups in total. The molecule has 5 atom stereocenters. The van der Waals surface area contributed by atoms with Gasteiger partial charge in [0.25, 0.3) is 0 Å². The number of rotatable bonds is 4. The number of amides is 1. The number of likely N-dealkylation sites (tertiary alicyclic amines) is 1. The van der Waals surface area contributed by atoms with Gasteiger partial charge in [0.05, 0.1) is 23.8 Å². The molecule has 0 saturated carbocycles. The molecule has 0 spiro atoms. The summed E-state index contributed by atoms with van der Waals surface area (Å²) in [5.41, 5.74) is -2.54. The van der Waals surface area contributed by atoms with Gasteiger partial charge in [0.1, 0.15) is 5.82 Å². The van der Waals surface area contributed by atoms with Crippen LogP contribution in [0.4, 0.5) is 30.7 Å². The standard InChI is InChI=1S/C25H24F7NO3/c1-13(16-7-18(24(27,28)29)9-19(8-16)25(30,31)32)36-23-22(15-3-5-20(26)6-4-15)21-11-33(14(2)34)10-17(21)12-35-23/h3-9,13,17,21-23H,10-12H2,1-2H3/t13-,17-,21-,22+,23-/m1/s1. The van der Waals surface area contributed by atoms with Crippen LogP contribution in [0.25, 0.3) is 0 Å². The molecule has 36 heavy (non-hydrogen) atoms. The van der Waals surface area contributed by atoms with E-state index in [1.54, 1.807) is 4.90 Å². The van der Waals surface area contributed by atoms with Crippen LogP contribution in [-0.4, -0.2) is 36.8 Å². The van der Waals surface area contributed by atoms with E-state index in [4.69, 9.17) is 9.47 Å². The molecule has 11 heteroatoms. The molecule has 196 valence electrons. The maximum atomic E-state index is 13.6. The fourth-order valence-electron chi connectivity index (χ4n) is 4.97. The first-order valence-electron chi connectivity index (χ1n) is 11.3. The maximum Gasteiger partial charge on any atom is 0.416 e. The Bertz CT molecular complexity index is 1070. The average Bonchev–Trinajstić information content (AvgIpc) is 3.23. The Morgan fingerprint density at radius 1 is 1.00 bits per heavy atom. The van der Waals surface area contributed by atoms with Crippen LogP contribution < -0.4 is 0 Å². The van der Waals surface area contributed by atoms with Gasteiger partial charge in [-0.1, -0.05) is 12.1 Å². The molecule has 2 aliphatic heterocycles. The SMILES string of the molecule is CC(=O)N1C[C@@H]2CO[C@H](O[C@H](C)c3cc(C(F)(F)F)cc(C(F)(F)F)c3)[C@@H](c3ccc(F)cc3)[C@@H]2C1. The summed E-state index contributed by atoms with van der Waals surface area (Å²) in [6.45, 7) is 3.81. The van der Waals surface area contributed by atoms with Gasteiger partial charge in [-0.15, -0.1) is 0 Å². The molecule has 2 heterocycles. The van der Waals surface area contributed by atoms with E-state index in [2.05, 4.69) is 0 Å². The van der Waals surface area contributed by atoms with E-state index in [1.165, 1.54) is 38.1 Å². The van der Waals surface area contributed by atoms with Gasteiger partial charge in [-0.2, -0.15) is 26.3 Å². The molecule has 2 saturated heterocycles. The molecule has 0 aliphatic carbocycles. The van der Waals surface area contributed by atoms with Crippen LogP contribution >= 0.6 is 0 Å². The van der Waals surface area contributed by atoms with Crippen molar-refractivity contribution in [3.8, 4) is 0 Å². The zero-order valence-corrected chi connectivity index (χ0v) is 19.4. The number of carbonyl (C=O) groups is 1. The van der Waals surface area contributed by atoms with Crippen LogP contribution in [0.2, 0.25) is 0 Å². The Morgan fingerprint density at radius 2 is 1.58 bits per heavy atom. The lowest BCUT2D eigenvalue weighted by Crippen LogP contribution is -2.42. The number of alkyl halides is 6. The minimum atomic E-state index is -4.99. The molecule has 2 aromatic carbocycles. The largest absolute Gasteiger partial charge is 0.416 e. The topological polar surface area (TPSA) is 38.8 Å². The van der Waals surface area contributed by atoms with Crippen LogP contribution in [0.5, 0.6) is 0 Å². The minimum absolute atomic E-state index is 0.0514. The molecule has 2 aromatic rings. The van der Waals surface area contributed by atoms with Crippen LogP contribution in [0.15, 0.2) is 42.5 Å². The third-order valence-corrected chi connectivity index (χ3v) is 6.84. The third kappa shape index (κ3) is 5.51. The molecule has 0 aromatic heterocycles. The summed E-state index contributed by atoms with van der Waals surface area (Å²) in [7, 11) is 0. The van der Waals surface area contributed by atoms with Crippen molar-refractivity contribution in [2.24, 2.45) is 11.8 Å². The highest BCUT2D eigenvalue weighted by atomic mass is 19.4. The number of carbonyl (C=O) groups excluding carboxylic acids is 1. The van der Waals surface area contributed by atoms with Crippen molar-refractivity contribution in [3.05, 3.63) is 70.5 Å². The second-order valence-corrected chi connectivity index (χ2v) is 9.24. The van der Waals surface area contributed by atoms with Crippen molar-refractivity contribution in [1.29, 1.82) is 0 Å². The van der Waals surface area contributed by atoms with E-state index >= 15 is 0 Å². The van der Waals surface area contributed by atoms with Gasteiger partial charge in [0.2, 0.25) is 5.91 Å². The van der Waals surface area contributed by atoms with E-state index in [0.717, 1.165) is 0 Å². The van der Waals surface area contributed by atoms with Gasteiger partial charge in [-0.05, 0) is 54.3 Å². The van der Waals surface area contributed by atoms with Crippen LogP contribution in [0.1, 0.15) is 48.1 Å². The molecular weight excluding hydrogens is 495 g/mol. The molecule has 4 nitrogen and oxygen atoms in total. The first-order valence-corrected chi connectivity index (χ1v) is 11.3. The number of halogens is 7. The fraction of sp³-hybridized carbons (Fsp3) is 0.480. The van der Waals surface area contributed by atoms with E-state index in [9.17, 15) is 35.5 Å². The Labute approximate surface area is 203 Å². The van der Waals surface area contributed by atoms with Crippen molar-refractivity contribution >= 4 is 5.91 Å². The number of nitrogens with zero attached hydrogens (tertiary/aromatic N) is 1. The average molecular weight is 519 g/mol. The van der Waals surface area contributed by atoms with Crippen molar-refractivity contribution in [2.75, 3.05) is 19.7 Å². The summed E-state index contributed by atoms with van der Waals surface area (Å²) in [6.07, 6.45) is -12.2. The highest BCUT2D eigenvalue weighted by Crippen LogP contribution is 2.45. The number of hydrogen-bond acceptors (Lipinski definition) is 3. The first kappa shape index (κ1) is 26.4. The summed E-state index contributed by atoms with van der Waals surface area (Å²) in [5, 5.41) is 0. The first-order chi connectivity index (χ1) is 16.7. The smallest absolute Gasteiger partial charge is 0.352 e. The Balaban J connectivity index is 1.66. The zero-order chi connectivity index (χ0) is 26.4. The number of fused-ring (bicyclic) bond motifs is 1. The highest BCUT2D eigenvalue weighted by molar-refractivity contribution is 5.73. The van der Waals surface area contributed by atoms with E-state index in [1.807, 2.05) is 0 Å². The van der Waals surface area contributed by atoms with Gasteiger partial charge < -0.3 is 14.4 Å². The Morgan fingerprint density at radius 3 is 2.11 bits per heavy atom. The molecule has 2 fully saturated rings. The molecule has 2 aliphatic rings. The predicted octanol–water partition coefficient (Wildman–Crippen LogP) is 6.18. The van der Waals surface area contributed by atoms with Crippen LogP contribution in [0.3, 0.4) is 0 Å². The third-order valence-electron chi connectivity index (χ3n) is 6.84. The van der Waals surface area contributed by atoms with Gasteiger partial charge in [-0.3, -0.25) is 4.79 Å². The van der Waals surface area contributed by atoms with Gasteiger partial charge >= 0.3 is 12.4 Å². The molecular formula is C25H24F7NO3. The number of benzene rings is 2. The summed E-state index contributed by atoms with van der Waals surface area (Å²) in [5.74, 6) is -1.33. The summed E-state index contributed by atoms with van der Waals surface area (Å²) < 4.78 is 105. The summed E-state index contributed by atoms with van der Waals surface area (Å²) in [6, 6.07) is 6.90. The summed E-state index contributed by atoms with van der Waals surface area (Å²) >= 11 is 0. The predicted molar refractivity (Wildman–Crippen MR) is 114 cm³/mol. The maximum absolute atomic E-state index is 13.6. The Hall–Kier alpha value is -2.66. The van der Waals surface area contributed by atoms with E-state index in [-0.39, 0.29) is 36.0 Å². The number of ether oxygens (including phenoxy) is 2. The van der Waals surface area contributed by atoms with Crippen LogP contribution in [0, 0.1) is 17.7 Å². The van der Waals surface area contributed by atoms with E-state index in [0.29, 0.717) is 30.8 Å². The van der Waals surface area contributed by atoms with Crippen molar-refractivity contribution < 1.29 is 45.0 Å². The number of hydrogen-bond donors (Lipinski definition) is 0. The van der Waals surface area contributed by atoms with Crippen molar-refractivity contribution in [3.63, 3.8) is 0 Å². The lowest BCUT2D eigenvalue weighted by molar-refractivity contribution is -0.217. The monoisotopic (exact) mass is 519 g/mol. The fourth-order valence-corrected chi connectivity index (χ4v) is 4.97. The van der Waals surface area contributed by atoms with Gasteiger partial charge in [0, 0.05) is 31.8 Å². The molecule has 0 bridgehead atoms. The van der Waals surface area contributed by atoms with Gasteiger partial charge in [0.15, 0.2) is 6.29 Å². The lowest BCUT2D eigenvalue weighted by Gasteiger charge is -2.40. The van der Waals surface area contributed by atoms with Crippen molar-refractivity contribution in [2.45, 2.75) is 44.5 Å². The molecule has 0 radical (unpaired) electrons. The second-order valence-electron chi connectivity index (χ2n) is 9.24. The second kappa shape index (κ2) is 9.66. The quantitative estimate of drug-likeness (QED) is 0.454. The zero-order valence-electron chi connectivity index (χ0n) is 19.4. The molecule has 0 unspecified atom stereocenters. The van der Waals surface area contributed by atoms with Crippen LogP contribution in [-0.2, 0) is 26.6 Å². The van der Waals surface area contributed by atoms with Crippen molar-refractivity contribution in [1.82, 2.24) is 4.90 Å². The molecule has 1 amide bonds. The normalized spacial score (nSPS) is 25.5.